The number of hydrogen-bond acceptors (Lipinski definition) is 5. The maximum Gasteiger partial charge on any atom is 0.0897 e. The second kappa shape index (κ2) is 6.75. The number of aryl methyl sites for hydroxylation is 1. The summed E-state index contributed by atoms with van der Waals surface area (Å²) in [5, 5.41) is 6.37. The van der Waals surface area contributed by atoms with E-state index in [4.69, 9.17) is 0 Å². The van der Waals surface area contributed by atoms with Gasteiger partial charge in [-0.15, -0.1) is 11.3 Å². The highest BCUT2D eigenvalue weighted by Crippen LogP contribution is 2.11. The molecule has 0 fully saturated rings. The van der Waals surface area contributed by atoms with Gasteiger partial charge >= 0.3 is 0 Å². The molecule has 19 heavy (non-hydrogen) atoms. The Balaban J connectivity index is 1.94. The van der Waals surface area contributed by atoms with Crippen molar-refractivity contribution in [2.45, 2.75) is 26.6 Å². The van der Waals surface area contributed by atoms with Crippen LogP contribution in [0, 0.1) is 6.92 Å². The lowest BCUT2D eigenvalue weighted by molar-refractivity contribution is 0.311. The number of nitrogens with zero attached hydrogens (tertiary/aromatic N) is 3. The molecular formula is C14H20N4S. The zero-order valence-corrected chi connectivity index (χ0v) is 12.5. The number of nitrogens with one attached hydrogen (secondary N) is 1. The van der Waals surface area contributed by atoms with Crippen LogP contribution in [0.2, 0.25) is 0 Å². The summed E-state index contributed by atoms with van der Waals surface area (Å²) in [5.74, 6) is 0. The van der Waals surface area contributed by atoms with E-state index in [9.17, 15) is 0 Å². The van der Waals surface area contributed by atoms with E-state index in [1.165, 1.54) is 0 Å². The van der Waals surface area contributed by atoms with E-state index in [0.717, 1.165) is 41.7 Å². The van der Waals surface area contributed by atoms with Gasteiger partial charge in [-0.3, -0.25) is 9.88 Å². The molecule has 4 nitrogen and oxygen atoms in total. The second-order valence-electron chi connectivity index (χ2n) is 4.68. The van der Waals surface area contributed by atoms with Crippen LogP contribution in [-0.2, 0) is 19.6 Å². The predicted octanol–water partition coefficient (Wildman–Crippen LogP) is 2.20. The molecule has 2 rings (SSSR count). The first kappa shape index (κ1) is 14.1. The first-order valence-corrected chi connectivity index (χ1v) is 7.24. The molecule has 2 aromatic rings. The van der Waals surface area contributed by atoms with E-state index >= 15 is 0 Å². The molecule has 0 saturated heterocycles. The Hall–Kier alpha value is -1.30. The smallest absolute Gasteiger partial charge is 0.0897 e. The Kier molecular flexibility index (Phi) is 5.01. The van der Waals surface area contributed by atoms with Crippen molar-refractivity contribution < 1.29 is 0 Å². The Morgan fingerprint density at radius 1 is 1.16 bits per heavy atom. The fourth-order valence-electron chi connectivity index (χ4n) is 1.99. The molecule has 0 spiro atoms. The summed E-state index contributed by atoms with van der Waals surface area (Å²) in [6.07, 6.45) is 0. The SMILES string of the molecule is CNCc1cccc(CN(C)Cc2csc(C)n2)n1. The predicted molar refractivity (Wildman–Crippen MR) is 79.0 cm³/mol. The average Bonchev–Trinajstić information content (AvgIpc) is 2.75. The van der Waals surface area contributed by atoms with Crippen molar-refractivity contribution in [3.8, 4) is 0 Å². The minimum atomic E-state index is 0.808. The number of aromatic nitrogens is 2. The molecule has 0 aromatic carbocycles. The number of hydrogen-bond donors (Lipinski definition) is 1. The van der Waals surface area contributed by atoms with Crippen molar-refractivity contribution in [3.63, 3.8) is 0 Å². The summed E-state index contributed by atoms with van der Waals surface area (Å²) in [7, 11) is 4.03. The van der Waals surface area contributed by atoms with Gasteiger partial charge in [0, 0.05) is 25.0 Å². The molecule has 0 bridgehead atoms. The summed E-state index contributed by atoms with van der Waals surface area (Å²) < 4.78 is 0. The molecule has 0 aliphatic heterocycles. The largest absolute Gasteiger partial charge is 0.314 e. The van der Waals surface area contributed by atoms with E-state index in [-0.39, 0.29) is 0 Å². The summed E-state index contributed by atoms with van der Waals surface area (Å²) in [6, 6.07) is 6.18. The molecule has 2 heterocycles. The highest BCUT2D eigenvalue weighted by atomic mass is 32.1. The van der Waals surface area contributed by atoms with E-state index in [1.807, 2.05) is 20.0 Å². The molecule has 0 saturated carbocycles. The Labute approximate surface area is 118 Å². The maximum absolute atomic E-state index is 4.63. The Morgan fingerprint density at radius 3 is 2.58 bits per heavy atom. The Morgan fingerprint density at radius 2 is 1.89 bits per heavy atom. The van der Waals surface area contributed by atoms with Gasteiger partial charge in [-0.1, -0.05) is 6.07 Å². The fourth-order valence-corrected chi connectivity index (χ4v) is 2.59. The lowest BCUT2D eigenvalue weighted by Gasteiger charge is -2.15. The van der Waals surface area contributed by atoms with Gasteiger partial charge in [0.05, 0.1) is 22.1 Å². The second-order valence-corrected chi connectivity index (χ2v) is 5.74. The summed E-state index contributed by atoms with van der Waals surface area (Å²) in [6.45, 7) is 4.55. The van der Waals surface area contributed by atoms with Gasteiger partial charge in [0.25, 0.3) is 0 Å². The van der Waals surface area contributed by atoms with Gasteiger partial charge in [0.15, 0.2) is 0 Å². The van der Waals surface area contributed by atoms with E-state index in [2.05, 4.69) is 44.7 Å². The molecular weight excluding hydrogens is 256 g/mol. The van der Waals surface area contributed by atoms with E-state index in [0.29, 0.717) is 0 Å². The van der Waals surface area contributed by atoms with Crippen LogP contribution in [0.5, 0.6) is 0 Å². The first-order chi connectivity index (χ1) is 9.17. The van der Waals surface area contributed by atoms with Crippen molar-refractivity contribution in [3.05, 3.63) is 45.7 Å². The van der Waals surface area contributed by atoms with Crippen molar-refractivity contribution in [1.82, 2.24) is 20.2 Å². The third-order valence-electron chi connectivity index (χ3n) is 2.75. The van der Waals surface area contributed by atoms with Crippen LogP contribution in [0.25, 0.3) is 0 Å². The average molecular weight is 276 g/mol. The van der Waals surface area contributed by atoms with E-state index < -0.39 is 0 Å². The van der Waals surface area contributed by atoms with Crippen LogP contribution in [0.3, 0.4) is 0 Å². The molecule has 2 aromatic heterocycles. The fraction of sp³-hybridized carbons (Fsp3) is 0.429. The number of pyridine rings is 1. The lowest BCUT2D eigenvalue weighted by Crippen LogP contribution is -2.19. The molecule has 1 N–H and O–H groups in total. The van der Waals surface area contributed by atoms with Crippen molar-refractivity contribution >= 4 is 11.3 Å². The van der Waals surface area contributed by atoms with Crippen LogP contribution in [0.15, 0.2) is 23.6 Å². The van der Waals surface area contributed by atoms with Crippen LogP contribution in [0.4, 0.5) is 0 Å². The first-order valence-electron chi connectivity index (χ1n) is 6.36. The van der Waals surface area contributed by atoms with Gasteiger partial charge in [0.2, 0.25) is 0 Å². The lowest BCUT2D eigenvalue weighted by atomic mass is 10.3. The maximum atomic E-state index is 4.63. The third-order valence-corrected chi connectivity index (χ3v) is 3.58. The zero-order valence-electron chi connectivity index (χ0n) is 11.7. The van der Waals surface area contributed by atoms with Crippen LogP contribution >= 0.6 is 11.3 Å². The van der Waals surface area contributed by atoms with Crippen LogP contribution in [-0.4, -0.2) is 29.0 Å². The third kappa shape index (κ3) is 4.38. The standard InChI is InChI=1S/C14H20N4S/c1-11-16-14(10-19-11)9-18(3)8-13-6-4-5-12(17-13)7-15-2/h4-6,10,15H,7-9H2,1-3H3. The van der Waals surface area contributed by atoms with Gasteiger partial charge in [-0.25, -0.2) is 4.98 Å². The van der Waals surface area contributed by atoms with Crippen molar-refractivity contribution in [1.29, 1.82) is 0 Å². The van der Waals surface area contributed by atoms with Crippen LogP contribution < -0.4 is 5.32 Å². The minimum absolute atomic E-state index is 0.808. The molecule has 0 atom stereocenters. The molecule has 0 aliphatic carbocycles. The van der Waals surface area contributed by atoms with E-state index in [1.54, 1.807) is 11.3 Å². The van der Waals surface area contributed by atoms with Gasteiger partial charge < -0.3 is 5.32 Å². The van der Waals surface area contributed by atoms with Crippen molar-refractivity contribution in [2.24, 2.45) is 0 Å². The number of rotatable bonds is 6. The summed E-state index contributed by atoms with van der Waals surface area (Å²) >= 11 is 1.70. The molecule has 0 aliphatic rings. The minimum Gasteiger partial charge on any atom is -0.314 e. The molecule has 5 heteroatoms. The molecule has 0 amide bonds. The highest BCUT2D eigenvalue weighted by molar-refractivity contribution is 7.09. The number of thiazole rings is 1. The highest BCUT2D eigenvalue weighted by Gasteiger charge is 2.06. The van der Waals surface area contributed by atoms with Crippen molar-refractivity contribution in [2.75, 3.05) is 14.1 Å². The molecule has 0 unspecified atom stereocenters. The zero-order chi connectivity index (χ0) is 13.7. The van der Waals surface area contributed by atoms with Gasteiger partial charge in [-0.2, -0.15) is 0 Å². The Bertz CT molecular complexity index is 524. The summed E-state index contributed by atoms with van der Waals surface area (Å²) in [5.41, 5.74) is 3.32. The normalized spacial score (nSPS) is 11.2. The topological polar surface area (TPSA) is 41.0 Å². The molecule has 0 radical (unpaired) electrons. The monoisotopic (exact) mass is 276 g/mol. The van der Waals surface area contributed by atoms with Gasteiger partial charge in [-0.05, 0) is 33.2 Å². The van der Waals surface area contributed by atoms with Crippen LogP contribution in [0.1, 0.15) is 22.1 Å². The summed E-state index contributed by atoms with van der Waals surface area (Å²) in [4.78, 5) is 11.3. The van der Waals surface area contributed by atoms with Gasteiger partial charge in [0.1, 0.15) is 0 Å². The molecule has 102 valence electrons. The quantitative estimate of drug-likeness (QED) is 0.878.